The van der Waals surface area contributed by atoms with Crippen molar-refractivity contribution >= 4 is 39.2 Å². The highest BCUT2D eigenvalue weighted by atomic mass is 32.1. The van der Waals surface area contributed by atoms with Gasteiger partial charge in [0.15, 0.2) is 0 Å². The van der Waals surface area contributed by atoms with Crippen LogP contribution < -0.4 is 5.32 Å². The molecule has 0 spiro atoms. The molecule has 1 N–H and O–H groups in total. The Balaban J connectivity index is 1.57. The highest BCUT2D eigenvalue weighted by Gasteiger charge is 2.12. The first-order valence-corrected chi connectivity index (χ1v) is 8.59. The van der Waals surface area contributed by atoms with Crippen LogP contribution in [0.4, 0.5) is 10.1 Å². The second-order valence-electron chi connectivity index (χ2n) is 5.41. The summed E-state index contributed by atoms with van der Waals surface area (Å²) in [5.74, 6) is -1.08. The van der Waals surface area contributed by atoms with Gasteiger partial charge >= 0.3 is 0 Å². The smallest absolute Gasteiger partial charge is 0.279 e. The van der Waals surface area contributed by atoms with Gasteiger partial charge in [-0.2, -0.15) is 0 Å². The number of hydrogen-bond donors (Lipinski definition) is 1. The van der Waals surface area contributed by atoms with E-state index in [1.165, 1.54) is 18.2 Å². The number of aromatic nitrogens is 1. The predicted molar refractivity (Wildman–Crippen MR) is 98.4 cm³/mol. The summed E-state index contributed by atoms with van der Waals surface area (Å²) in [5, 5.41) is 14.5. The van der Waals surface area contributed by atoms with E-state index >= 15 is 0 Å². The molecule has 0 fully saturated rings. The van der Waals surface area contributed by atoms with Crippen LogP contribution in [0, 0.1) is 15.9 Å². The number of fused-ring (bicyclic) bond motifs is 1. The molecular weight excluding hydrogens is 357 g/mol. The van der Waals surface area contributed by atoms with Crippen molar-refractivity contribution in [3.8, 4) is 0 Å². The Morgan fingerprint density at radius 2 is 2.12 bits per heavy atom. The average molecular weight is 371 g/mol. The van der Waals surface area contributed by atoms with Gasteiger partial charge < -0.3 is 5.32 Å². The highest BCUT2D eigenvalue weighted by molar-refractivity contribution is 7.18. The fraction of sp³-hybridized carbons (Fsp3) is 0.111. The fourth-order valence-electron chi connectivity index (χ4n) is 2.36. The van der Waals surface area contributed by atoms with Crippen molar-refractivity contribution in [2.75, 3.05) is 6.54 Å². The predicted octanol–water partition coefficient (Wildman–Crippen LogP) is 3.72. The quantitative estimate of drug-likeness (QED) is 0.407. The molecule has 0 radical (unpaired) electrons. The monoisotopic (exact) mass is 371 g/mol. The van der Waals surface area contributed by atoms with E-state index in [2.05, 4.69) is 10.3 Å². The summed E-state index contributed by atoms with van der Waals surface area (Å²) in [6.45, 7) is 0.397. The zero-order chi connectivity index (χ0) is 18.5. The lowest BCUT2D eigenvalue weighted by Crippen LogP contribution is -2.23. The number of carbonyl (C=O) groups excluding carboxylic acids is 1. The molecule has 2 aromatic carbocycles. The number of benzene rings is 2. The van der Waals surface area contributed by atoms with Gasteiger partial charge in [-0.15, -0.1) is 11.3 Å². The van der Waals surface area contributed by atoms with Gasteiger partial charge in [-0.05, 0) is 30.3 Å². The molecular formula is C18H14FN3O3S. The van der Waals surface area contributed by atoms with Gasteiger partial charge in [0.2, 0.25) is 5.91 Å². The second-order valence-corrected chi connectivity index (χ2v) is 6.53. The van der Waals surface area contributed by atoms with Crippen LogP contribution in [0.2, 0.25) is 0 Å². The SMILES string of the molecule is O=C(C=Cc1ccc(F)cc1[N+](=O)[O-])NCCc1nc2ccccc2s1. The number of nitrogens with zero attached hydrogens (tertiary/aromatic N) is 2. The molecule has 1 aromatic heterocycles. The van der Waals surface area contributed by atoms with Crippen molar-refractivity contribution in [1.82, 2.24) is 10.3 Å². The number of nitro benzene ring substituents is 1. The lowest BCUT2D eigenvalue weighted by molar-refractivity contribution is -0.385. The topological polar surface area (TPSA) is 85.1 Å². The van der Waals surface area contributed by atoms with Gasteiger partial charge in [0.1, 0.15) is 5.82 Å². The van der Waals surface area contributed by atoms with Crippen molar-refractivity contribution in [2.45, 2.75) is 6.42 Å². The normalized spacial score (nSPS) is 11.1. The number of carbonyl (C=O) groups is 1. The third-order valence-electron chi connectivity index (χ3n) is 3.58. The molecule has 0 saturated carbocycles. The first-order chi connectivity index (χ1) is 12.5. The molecule has 3 aromatic rings. The van der Waals surface area contributed by atoms with Gasteiger partial charge in [0, 0.05) is 19.0 Å². The van der Waals surface area contributed by atoms with Crippen molar-refractivity contribution in [3.63, 3.8) is 0 Å². The average Bonchev–Trinajstić information content (AvgIpc) is 3.03. The first kappa shape index (κ1) is 17.7. The molecule has 0 aliphatic carbocycles. The number of hydrogen-bond acceptors (Lipinski definition) is 5. The van der Waals surface area contributed by atoms with Crippen LogP contribution in [0.1, 0.15) is 10.6 Å². The summed E-state index contributed by atoms with van der Waals surface area (Å²) in [5.41, 5.74) is 0.712. The number of rotatable bonds is 6. The number of halogens is 1. The van der Waals surface area contributed by atoms with E-state index in [4.69, 9.17) is 0 Å². The fourth-order valence-corrected chi connectivity index (χ4v) is 3.33. The van der Waals surface area contributed by atoms with Gasteiger partial charge in [0.05, 0.1) is 31.8 Å². The third-order valence-corrected chi connectivity index (χ3v) is 4.68. The summed E-state index contributed by atoms with van der Waals surface area (Å²) in [7, 11) is 0. The number of nitro groups is 1. The maximum atomic E-state index is 13.1. The molecule has 1 heterocycles. The zero-order valence-electron chi connectivity index (χ0n) is 13.5. The van der Waals surface area contributed by atoms with Crippen LogP contribution >= 0.6 is 11.3 Å². The van der Waals surface area contributed by atoms with E-state index in [-0.39, 0.29) is 17.2 Å². The maximum Gasteiger partial charge on any atom is 0.279 e. The molecule has 0 aliphatic heterocycles. The lowest BCUT2D eigenvalue weighted by Gasteiger charge is -2.00. The minimum atomic E-state index is -0.700. The van der Waals surface area contributed by atoms with Crippen molar-refractivity contribution in [2.24, 2.45) is 0 Å². The van der Waals surface area contributed by atoms with E-state index in [0.717, 1.165) is 27.4 Å². The molecule has 1 amide bonds. The molecule has 26 heavy (non-hydrogen) atoms. The number of para-hydroxylation sites is 1. The Morgan fingerprint density at radius 3 is 2.88 bits per heavy atom. The first-order valence-electron chi connectivity index (χ1n) is 7.77. The van der Waals surface area contributed by atoms with Gasteiger partial charge in [0.25, 0.3) is 5.69 Å². The highest BCUT2D eigenvalue weighted by Crippen LogP contribution is 2.22. The van der Waals surface area contributed by atoms with Crippen molar-refractivity contribution in [3.05, 3.63) is 75.0 Å². The van der Waals surface area contributed by atoms with Gasteiger partial charge in [-0.1, -0.05) is 12.1 Å². The van der Waals surface area contributed by atoms with Crippen LogP contribution in [-0.2, 0) is 11.2 Å². The summed E-state index contributed by atoms with van der Waals surface area (Å²) in [6.07, 6.45) is 3.08. The molecule has 0 unspecified atom stereocenters. The Labute approximate surface area is 152 Å². The minimum Gasteiger partial charge on any atom is -0.352 e. The third kappa shape index (κ3) is 4.28. The zero-order valence-corrected chi connectivity index (χ0v) is 14.3. The summed E-state index contributed by atoms with van der Waals surface area (Å²) in [6, 6.07) is 11.0. The summed E-state index contributed by atoms with van der Waals surface area (Å²) in [4.78, 5) is 26.6. The van der Waals surface area contributed by atoms with Crippen molar-refractivity contribution < 1.29 is 14.1 Å². The van der Waals surface area contributed by atoms with E-state index in [1.54, 1.807) is 11.3 Å². The number of amides is 1. The molecule has 0 aliphatic rings. The Kier molecular flexibility index (Phi) is 5.33. The van der Waals surface area contributed by atoms with Crippen LogP contribution in [0.15, 0.2) is 48.5 Å². The van der Waals surface area contributed by atoms with Crippen molar-refractivity contribution in [1.29, 1.82) is 0 Å². The van der Waals surface area contributed by atoms with Crippen LogP contribution in [0.25, 0.3) is 16.3 Å². The molecule has 0 saturated heterocycles. The Hall–Kier alpha value is -3.13. The summed E-state index contributed by atoms with van der Waals surface area (Å²) >= 11 is 1.57. The molecule has 3 rings (SSSR count). The minimum absolute atomic E-state index is 0.165. The number of nitrogens with one attached hydrogen (secondary N) is 1. The Morgan fingerprint density at radius 1 is 1.31 bits per heavy atom. The van der Waals surface area contributed by atoms with Crippen LogP contribution in [-0.4, -0.2) is 22.4 Å². The molecule has 0 atom stereocenters. The van der Waals surface area contributed by atoms with E-state index in [0.29, 0.717) is 13.0 Å². The van der Waals surface area contributed by atoms with Gasteiger partial charge in [-0.25, -0.2) is 9.37 Å². The van der Waals surface area contributed by atoms with E-state index in [1.807, 2.05) is 24.3 Å². The standard InChI is InChI=1S/C18H14FN3O3S/c19-13-7-5-12(15(11-13)22(24)25)6-8-17(23)20-10-9-18-21-14-3-1-2-4-16(14)26-18/h1-8,11H,9-10H2,(H,20,23). The molecule has 8 heteroatoms. The largest absolute Gasteiger partial charge is 0.352 e. The number of thiazole rings is 1. The van der Waals surface area contributed by atoms with Gasteiger partial charge in [-0.3, -0.25) is 14.9 Å². The summed E-state index contributed by atoms with van der Waals surface area (Å²) < 4.78 is 14.2. The van der Waals surface area contributed by atoms with Crippen LogP contribution in [0.5, 0.6) is 0 Å². The molecule has 0 bridgehead atoms. The van der Waals surface area contributed by atoms with E-state index < -0.39 is 10.7 Å². The lowest BCUT2D eigenvalue weighted by atomic mass is 10.1. The second kappa shape index (κ2) is 7.83. The maximum absolute atomic E-state index is 13.1. The Bertz CT molecular complexity index is 967. The van der Waals surface area contributed by atoms with E-state index in [9.17, 15) is 19.3 Å². The molecule has 132 valence electrons. The molecule has 6 nitrogen and oxygen atoms in total. The van der Waals surface area contributed by atoms with Crippen LogP contribution in [0.3, 0.4) is 0 Å².